The molecule has 1 heterocycles. The van der Waals surface area contributed by atoms with Crippen molar-refractivity contribution < 1.29 is 19.1 Å². The van der Waals surface area contributed by atoms with Crippen LogP contribution in [0.15, 0.2) is 60.7 Å². The summed E-state index contributed by atoms with van der Waals surface area (Å²) in [5.41, 5.74) is 2.08. The zero-order valence-electron chi connectivity index (χ0n) is 15.4. The van der Waals surface area contributed by atoms with E-state index >= 15 is 0 Å². The van der Waals surface area contributed by atoms with Gasteiger partial charge in [-0.1, -0.05) is 60.7 Å². The molecule has 1 atom stereocenters. The van der Waals surface area contributed by atoms with Crippen LogP contribution in [-0.4, -0.2) is 36.7 Å². The van der Waals surface area contributed by atoms with Crippen LogP contribution in [0.3, 0.4) is 0 Å². The number of likely N-dealkylation sites (tertiary alicyclic amines) is 1. The smallest absolute Gasteiger partial charge is 0.410 e. The summed E-state index contributed by atoms with van der Waals surface area (Å²) in [7, 11) is 0. The predicted molar refractivity (Wildman–Crippen MR) is 102 cm³/mol. The number of hydrogen-bond donors (Lipinski definition) is 0. The average Bonchev–Trinajstić information content (AvgIpc) is 2.73. The summed E-state index contributed by atoms with van der Waals surface area (Å²) < 4.78 is 10.8. The van der Waals surface area contributed by atoms with Crippen LogP contribution < -0.4 is 0 Å². The van der Waals surface area contributed by atoms with Crippen molar-refractivity contribution in [2.75, 3.05) is 19.7 Å². The van der Waals surface area contributed by atoms with Crippen LogP contribution in [0.4, 0.5) is 4.79 Å². The molecule has 2 aromatic rings. The lowest BCUT2D eigenvalue weighted by atomic mass is 9.98. The van der Waals surface area contributed by atoms with Crippen molar-refractivity contribution in [1.29, 1.82) is 0 Å². The van der Waals surface area contributed by atoms with E-state index in [1.54, 1.807) is 4.90 Å². The number of ether oxygens (including phenoxy) is 2. The second-order valence-corrected chi connectivity index (χ2v) is 6.73. The maximum Gasteiger partial charge on any atom is 0.410 e. The van der Waals surface area contributed by atoms with Gasteiger partial charge in [0.2, 0.25) is 0 Å². The Morgan fingerprint density at radius 1 is 0.926 bits per heavy atom. The number of amides is 1. The third-order valence-electron chi connectivity index (χ3n) is 4.70. The third kappa shape index (κ3) is 5.84. The molecule has 1 fully saturated rings. The van der Waals surface area contributed by atoms with Crippen molar-refractivity contribution in [3.05, 3.63) is 71.8 Å². The molecule has 27 heavy (non-hydrogen) atoms. The van der Waals surface area contributed by atoms with Crippen LogP contribution in [0.2, 0.25) is 0 Å². The van der Waals surface area contributed by atoms with Crippen LogP contribution in [0, 0.1) is 5.92 Å². The average molecular weight is 367 g/mol. The first-order chi connectivity index (χ1) is 13.2. The molecule has 0 aliphatic carbocycles. The number of esters is 1. The first kappa shape index (κ1) is 19.0. The molecule has 0 radical (unpaired) electrons. The Hall–Kier alpha value is -2.82. The van der Waals surface area contributed by atoms with Crippen molar-refractivity contribution in [3.8, 4) is 0 Å². The Morgan fingerprint density at radius 2 is 1.59 bits per heavy atom. The van der Waals surface area contributed by atoms with Gasteiger partial charge in [-0.15, -0.1) is 0 Å². The van der Waals surface area contributed by atoms with Crippen LogP contribution in [-0.2, 0) is 27.3 Å². The number of hydrogen-bond acceptors (Lipinski definition) is 4. The highest BCUT2D eigenvalue weighted by Gasteiger charge is 2.30. The van der Waals surface area contributed by atoms with Gasteiger partial charge in [-0.3, -0.25) is 4.79 Å². The molecule has 0 N–H and O–H groups in total. The second kappa shape index (κ2) is 9.76. The summed E-state index contributed by atoms with van der Waals surface area (Å²) in [5, 5.41) is 0. The normalized spacial score (nSPS) is 16.6. The summed E-state index contributed by atoms with van der Waals surface area (Å²) >= 11 is 0. The molecule has 0 saturated carbocycles. The lowest BCUT2D eigenvalue weighted by Gasteiger charge is -2.30. The molecule has 1 saturated heterocycles. The standard InChI is InChI=1S/C22H25NO4/c24-21(26-15-13-18-8-3-1-4-9-18)20-12-7-14-23(16-20)22(25)27-17-19-10-5-2-6-11-19/h1-6,8-11,20H,7,12-17H2/t20-/m1/s1. The molecule has 0 unspecified atom stereocenters. The van der Waals surface area contributed by atoms with Gasteiger partial charge in [-0.05, 0) is 24.0 Å². The summed E-state index contributed by atoms with van der Waals surface area (Å²) in [6.07, 6.45) is 1.84. The molecular formula is C22H25NO4. The number of piperidine rings is 1. The van der Waals surface area contributed by atoms with Gasteiger partial charge in [0, 0.05) is 19.5 Å². The molecular weight excluding hydrogens is 342 g/mol. The molecule has 142 valence electrons. The molecule has 1 aliphatic heterocycles. The number of rotatable bonds is 6. The Balaban J connectivity index is 1.42. The maximum atomic E-state index is 12.3. The quantitative estimate of drug-likeness (QED) is 0.729. The van der Waals surface area contributed by atoms with E-state index in [0.29, 0.717) is 26.1 Å². The van der Waals surface area contributed by atoms with Gasteiger partial charge in [0.25, 0.3) is 0 Å². The van der Waals surface area contributed by atoms with Crippen LogP contribution in [0.25, 0.3) is 0 Å². The monoisotopic (exact) mass is 367 g/mol. The van der Waals surface area contributed by atoms with E-state index in [1.165, 1.54) is 0 Å². The minimum Gasteiger partial charge on any atom is -0.465 e. The molecule has 0 spiro atoms. The minimum absolute atomic E-state index is 0.230. The van der Waals surface area contributed by atoms with E-state index in [1.807, 2.05) is 60.7 Å². The van der Waals surface area contributed by atoms with E-state index in [4.69, 9.17) is 9.47 Å². The highest BCUT2D eigenvalue weighted by molar-refractivity contribution is 5.74. The summed E-state index contributed by atoms with van der Waals surface area (Å²) in [5.74, 6) is -0.509. The fourth-order valence-electron chi connectivity index (χ4n) is 3.18. The zero-order valence-corrected chi connectivity index (χ0v) is 15.4. The lowest BCUT2D eigenvalue weighted by Crippen LogP contribution is -2.43. The number of carbonyl (C=O) groups excluding carboxylic acids is 2. The van der Waals surface area contributed by atoms with Crippen molar-refractivity contribution in [1.82, 2.24) is 4.90 Å². The van der Waals surface area contributed by atoms with E-state index in [2.05, 4.69) is 0 Å². The van der Waals surface area contributed by atoms with Gasteiger partial charge in [0.1, 0.15) is 6.61 Å². The lowest BCUT2D eigenvalue weighted by molar-refractivity contribution is -0.150. The Morgan fingerprint density at radius 3 is 2.30 bits per heavy atom. The predicted octanol–water partition coefficient (Wildman–Crippen LogP) is 3.82. The van der Waals surface area contributed by atoms with Crippen molar-refractivity contribution >= 4 is 12.1 Å². The highest BCUT2D eigenvalue weighted by atomic mass is 16.6. The van der Waals surface area contributed by atoms with Gasteiger partial charge in [-0.25, -0.2) is 4.79 Å². The molecule has 3 rings (SSSR count). The zero-order chi connectivity index (χ0) is 18.9. The Labute approximate surface area is 159 Å². The fourth-order valence-corrected chi connectivity index (χ4v) is 3.18. The van der Waals surface area contributed by atoms with Crippen molar-refractivity contribution in [2.24, 2.45) is 5.92 Å². The molecule has 0 bridgehead atoms. The minimum atomic E-state index is -0.374. The first-order valence-corrected chi connectivity index (χ1v) is 9.38. The van der Waals surface area contributed by atoms with Gasteiger partial charge >= 0.3 is 12.1 Å². The molecule has 5 heteroatoms. The topological polar surface area (TPSA) is 55.8 Å². The van der Waals surface area contributed by atoms with E-state index in [-0.39, 0.29) is 24.6 Å². The Bertz CT molecular complexity index is 732. The SMILES string of the molecule is O=C(OCCc1ccccc1)[C@@H]1CCCN(C(=O)OCc2ccccc2)C1. The van der Waals surface area contributed by atoms with Gasteiger partial charge in [-0.2, -0.15) is 0 Å². The second-order valence-electron chi connectivity index (χ2n) is 6.73. The van der Waals surface area contributed by atoms with Gasteiger partial charge in [0.15, 0.2) is 0 Å². The van der Waals surface area contributed by atoms with Crippen LogP contribution in [0.1, 0.15) is 24.0 Å². The van der Waals surface area contributed by atoms with Crippen LogP contribution in [0.5, 0.6) is 0 Å². The van der Waals surface area contributed by atoms with Crippen LogP contribution >= 0.6 is 0 Å². The number of carbonyl (C=O) groups is 2. The van der Waals surface area contributed by atoms with E-state index in [9.17, 15) is 9.59 Å². The summed E-state index contributed by atoms with van der Waals surface area (Å²) in [4.78, 5) is 26.2. The first-order valence-electron chi connectivity index (χ1n) is 9.38. The molecule has 1 amide bonds. The number of nitrogens with zero attached hydrogens (tertiary/aromatic N) is 1. The fraction of sp³-hybridized carbons (Fsp3) is 0.364. The molecule has 2 aromatic carbocycles. The van der Waals surface area contributed by atoms with Crippen molar-refractivity contribution in [3.63, 3.8) is 0 Å². The van der Waals surface area contributed by atoms with E-state index in [0.717, 1.165) is 24.0 Å². The van der Waals surface area contributed by atoms with E-state index < -0.39 is 0 Å². The van der Waals surface area contributed by atoms with Gasteiger partial charge < -0.3 is 14.4 Å². The third-order valence-corrected chi connectivity index (χ3v) is 4.70. The largest absolute Gasteiger partial charge is 0.465 e. The summed E-state index contributed by atoms with van der Waals surface area (Å²) in [6, 6.07) is 19.5. The maximum absolute atomic E-state index is 12.3. The molecule has 0 aromatic heterocycles. The summed E-state index contributed by atoms with van der Waals surface area (Å²) in [6.45, 7) is 1.57. The van der Waals surface area contributed by atoms with Crippen molar-refractivity contribution in [2.45, 2.75) is 25.9 Å². The van der Waals surface area contributed by atoms with Gasteiger partial charge in [0.05, 0.1) is 12.5 Å². The highest BCUT2D eigenvalue weighted by Crippen LogP contribution is 2.19. The Kier molecular flexibility index (Phi) is 6.85. The molecule has 5 nitrogen and oxygen atoms in total. The number of benzene rings is 2. The molecule has 1 aliphatic rings.